The second-order valence-electron chi connectivity index (χ2n) is 5.76. The smallest absolute Gasteiger partial charge is 0.338 e. The molecule has 144 valence electrons. The molecule has 0 aliphatic rings. The quantitative estimate of drug-likeness (QED) is 0.202. The van der Waals surface area contributed by atoms with Gasteiger partial charge in [-0.2, -0.15) is 0 Å². The minimum absolute atomic E-state index is 0.0158. The van der Waals surface area contributed by atoms with Gasteiger partial charge in [0, 0.05) is 34.5 Å². The van der Waals surface area contributed by atoms with Crippen LogP contribution in [0.1, 0.15) is 23.0 Å². The van der Waals surface area contributed by atoms with E-state index in [1.54, 1.807) is 35.4 Å². The highest BCUT2D eigenvalue weighted by Crippen LogP contribution is 2.23. The molecule has 8 nitrogen and oxygen atoms in total. The maximum Gasteiger partial charge on any atom is 0.338 e. The Morgan fingerprint density at radius 3 is 2.50 bits per heavy atom. The Balaban J connectivity index is 1.61. The molecule has 1 heterocycles. The van der Waals surface area contributed by atoms with Crippen LogP contribution < -0.4 is 4.74 Å². The first-order valence-corrected chi connectivity index (χ1v) is 9.42. The number of nitro groups is 1. The van der Waals surface area contributed by atoms with Crippen molar-refractivity contribution in [2.75, 3.05) is 6.61 Å². The Labute approximate surface area is 174 Å². The Bertz CT molecular complexity index is 927. The van der Waals surface area contributed by atoms with Gasteiger partial charge in [-0.1, -0.05) is 0 Å². The molecule has 3 rings (SSSR count). The Morgan fingerprint density at radius 1 is 1.18 bits per heavy atom. The summed E-state index contributed by atoms with van der Waals surface area (Å²) in [5, 5.41) is 10.8. The number of aromatic nitrogens is 2. The molecule has 0 radical (unpaired) electrons. The molecule has 9 heteroatoms. The molecular weight excluding hydrogens is 477 g/mol. The second-order valence-corrected chi connectivity index (χ2v) is 7.01. The van der Waals surface area contributed by atoms with Gasteiger partial charge in [0.15, 0.2) is 6.23 Å². The number of nitro benzene ring substituents is 1. The van der Waals surface area contributed by atoms with E-state index in [9.17, 15) is 14.9 Å². The van der Waals surface area contributed by atoms with Crippen molar-refractivity contribution in [2.24, 2.45) is 0 Å². The summed E-state index contributed by atoms with van der Waals surface area (Å²) in [6.45, 7) is 0.140. The van der Waals surface area contributed by atoms with Crippen molar-refractivity contribution in [1.29, 1.82) is 0 Å². The molecule has 0 amide bonds. The number of non-ortho nitro benzene ring substituents is 1. The van der Waals surface area contributed by atoms with Gasteiger partial charge >= 0.3 is 5.97 Å². The van der Waals surface area contributed by atoms with Crippen molar-refractivity contribution >= 4 is 34.2 Å². The third-order valence-electron chi connectivity index (χ3n) is 3.85. The Morgan fingerprint density at radius 2 is 1.89 bits per heavy atom. The summed E-state index contributed by atoms with van der Waals surface area (Å²) in [7, 11) is 0. The van der Waals surface area contributed by atoms with Gasteiger partial charge in [-0.15, -0.1) is 0 Å². The van der Waals surface area contributed by atoms with E-state index in [0.717, 1.165) is 3.57 Å². The van der Waals surface area contributed by atoms with Crippen molar-refractivity contribution in [2.45, 2.75) is 12.6 Å². The summed E-state index contributed by atoms with van der Waals surface area (Å²) in [6, 6.07) is 12.9. The fourth-order valence-electron chi connectivity index (χ4n) is 2.43. The monoisotopic (exact) mass is 493 g/mol. The Kier molecular flexibility index (Phi) is 6.58. The van der Waals surface area contributed by atoms with Gasteiger partial charge in [-0.25, -0.2) is 9.78 Å². The highest BCUT2D eigenvalue weighted by atomic mass is 127. The number of carbonyl (C=O) groups excluding carboxylic acids is 1. The number of esters is 1. The fourth-order valence-corrected chi connectivity index (χ4v) is 2.79. The van der Waals surface area contributed by atoms with Gasteiger partial charge in [-0.3, -0.25) is 10.1 Å². The number of rotatable bonds is 8. The van der Waals surface area contributed by atoms with Gasteiger partial charge < -0.3 is 14.0 Å². The molecule has 1 aromatic heterocycles. The van der Waals surface area contributed by atoms with Crippen LogP contribution in [0.2, 0.25) is 0 Å². The van der Waals surface area contributed by atoms with Crippen LogP contribution >= 0.6 is 22.6 Å². The van der Waals surface area contributed by atoms with Crippen LogP contribution in [-0.4, -0.2) is 27.1 Å². The molecule has 0 aliphatic heterocycles. The van der Waals surface area contributed by atoms with Crippen LogP contribution in [0.3, 0.4) is 0 Å². The molecule has 1 atom stereocenters. The maximum atomic E-state index is 12.1. The van der Waals surface area contributed by atoms with E-state index in [0.29, 0.717) is 17.7 Å². The molecule has 2 aromatic carbocycles. The first kappa shape index (κ1) is 19.8. The number of imidazole rings is 1. The maximum absolute atomic E-state index is 12.1. The van der Waals surface area contributed by atoms with Crippen molar-refractivity contribution in [3.8, 4) is 5.75 Å². The summed E-state index contributed by atoms with van der Waals surface area (Å²) in [5.74, 6) is 0.0596. The summed E-state index contributed by atoms with van der Waals surface area (Å²) >= 11 is 2.16. The van der Waals surface area contributed by atoms with E-state index in [1.165, 1.54) is 24.3 Å². The molecule has 0 aliphatic carbocycles. The van der Waals surface area contributed by atoms with E-state index in [4.69, 9.17) is 9.47 Å². The first-order valence-electron chi connectivity index (χ1n) is 8.34. The zero-order valence-electron chi connectivity index (χ0n) is 14.6. The zero-order valence-corrected chi connectivity index (χ0v) is 16.8. The standard InChI is InChI=1S/C19H16IN3O5/c20-15-3-1-14(2-4-15)19(24)27-12-9-18(22-11-10-21-13-22)28-17-7-5-16(6-8-17)23(25)26/h1-8,10-11,13,18H,9,12H2. The molecule has 0 spiro atoms. The van der Waals surface area contributed by atoms with Crippen LogP contribution in [0.4, 0.5) is 5.69 Å². The second kappa shape index (κ2) is 9.31. The number of ether oxygens (including phenoxy) is 2. The van der Waals surface area contributed by atoms with Gasteiger partial charge in [0.25, 0.3) is 5.69 Å². The van der Waals surface area contributed by atoms with Gasteiger partial charge in [0.1, 0.15) is 5.75 Å². The molecular formula is C19H16IN3O5. The summed E-state index contributed by atoms with van der Waals surface area (Å²) in [6.07, 6.45) is 4.84. The largest absolute Gasteiger partial charge is 0.470 e. The van der Waals surface area contributed by atoms with E-state index < -0.39 is 17.1 Å². The van der Waals surface area contributed by atoms with Crippen molar-refractivity contribution < 1.29 is 19.2 Å². The number of carbonyl (C=O) groups is 1. The summed E-state index contributed by atoms with van der Waals surface area (Å²) in [4.78, 5) is 26.4. The van der Waals surface area contributed by atoms with Crippen molar-refractivity contribution in [3.63, 3.8) is 0 Å². The predicted molar refractivity (Wildman–Crippen MR) is 109 cm³/mol. The van der Waals surface area contributed by atoms with Gasteiger partial charge in [0.2, 0.25) is 0 Å². The van der Waals surface area contributed by atoms with E-state index in [-0.39, 0.29) is 12.3 Å². The highest BCUT2D eigenvalue weighted by molar-refractivity contribution is 14.1. The molecule has 0 saturated carbocycles. The lowest BCUT2D eigenvalue weighted by Crippen LogP contribution is -2.18. The van der Waals surface area contributed by atoms with Crippen molar-refractivity contribution in [1.82, 2.24) is 9.55 Å². The van der Waals surface area contributed by atoms with Crippen LogP contribution in [0.15, 0.2) is 67.3 Å². The molecule has 3 aromatic rings. The lowest BCUT2D eigenvalue weighted by atomic mass is 10.2. The molecule has 1 unspecified atom stereocenters. The van der Waals surface area contributed by atoms with E-state index in [2.05, 4.69) is 27.6 Å². The highest BCUT2D eigenvalue weighted by Gasteiger charge is 2.15. The average Bonchev–Trinajstić information content (AvgIpc) is 3.23. The minimum Gasteiger partial charge on any atom is -0.470 e. The number of halogens is 1. The van der Waals surface area contributed by atoms with E-state index in [1.807, 2.05) is 12.1 Å². The van der Waals surface area contributed by atoms with Crippen LogP contribution in [-0.2, 0) is 4.74 Å². The average molecular weight is 493 g/mol. The van der Waals surface area contributed by atoms with Crippen LogP contribution in [0, 0.1) is 13.7 Å². The molecule has 0 bridgehead atoms. The topological polar surface area (TPSA) is 96.5 Å². The normalized spacial score (nSPS) is 11.6. The SMILES string of the molecule is O=C(OCCC(Oc1ccc([N+](=O)[O-])cc1)n1ccnc1)c1ccc(I)cc1. The first-order chi connectivity index (χ1) is 13.5. The molecule has 28 heavy (non-hydrogen) atoms. The van der Waals surface area contributed by atoms with Crippen molar-refractivity contribution in [3.05, 3.63) is 86.5 Å². The number of hydrogen-bond donors (Lipinski definition) is 0. The fraction of sp³-hybridized carbons (Fsp3) is 0.158. The lowest BCUT2D eigenvalue weighted by Gasteiger charge is -2.20. The molecule has 0 N–H and O–H groups in total. The third kappa shape index (κ3) is 5.28. The van der Waals surface area contributed by atoms with E-state index >= 15 is 0 Å². The number of hydrogen-bond acceptors (Lipinski definition) is 6. The molecule has 0 fully saturated rings. The molecule has 0 saturated heterocycles. The number of benzene rings is 2. The predicted octanol–water partition coefficient (Wildman–Crippen LogP) is 4.22. The third-order valence-corrected chi connectivity index (χ3v) is 4.57. The Hall–Kier alpha value is -2.95. The summed E-state index contributed by atoms with van der Waals surface area (Å²) < 4.78 is 14.0. The lowest BCUT2D eigenvalue weighted by molar-refractivity contribution is -0.384. The van der Waals surface area contributed by atoms with Gasteiger partial charge in [-0.05, 0) is 59.0 Å². The summed E-state index contributed by atoms with van der Waals surface area (Å²) in [5.41, 5.74) is 0.467. The zero-order chi connectivity index (χ0) is 19.9. The van der Waals surface area contributed by atoms with Gasteiger partial charge in [0.05, 0.1) is 23.4 Å². The number of nitrogens with zero attached hydrogens (tertiary/aromatic N) is 3. The van der Waals surface area contributed by atoms with Crippen LogP contribution in [0.25, 0.3) is 0 Å². The minimum atomic E-state index is -0.478. The van der Waals surface area contributed by atoms with Crippen LogP contribution in [0.5, 0.6) is 5.75 Å².